The lowest BCUT2D eigenvalue weighted by Crippen LogP contribution is -2.73. The molecule has 2 rings (SSSR count). The second-order valence-corrected chi connectivity index (χ2v) is 8.56. The zero-order valence-corrected chi connectivity index (χ0v) is 14.1. The molecule has 0 aliphatic carbocycles. The standard InChI is InChI=1S/C13H16F5N3O4S/c1-21-6-13(24,7-21)10(12(23)20-25)19-11(22)8-2-4-9(5-3-8)26(14,15,16,17)18/h2-5,10,24-25H,6-7H2,1H3,(H,19,22)(H,20,23). The van der Waals surface area contributed by atoms with Crippen molar-refractivity contribution in [1.29, 1.82) is 0 Å². The van der Waals surface area contributed by atoms with Crippen LogP contribution in [-0.4, -0.2) is 58.8 Å². The van der Waals surface area contributed by atoms with Crippen molar-refractivity contribution in [1.82, 2.24) is 15.7 Å². The normalized spacial score (nSPS) is 20.9. The Morgan fingerprint density at radius 1 is 1.15 bits per heavy atom. The lowest BCUT2D eigenvalue weighted by molar-refractivity contribution is -0.151. The van der Waals surface area contributed by atoms with Crippen molar-refractivity contribution in [2.24, 2.45) is 0 Å². The van der Waals surface area contributed by atoms with E-state index in [0.717, 1.165) is 0 Å². The van der Waals surface area contributed by atoms with Crippen LogP contribution in [0.3, 0.4) is 0 Å². The lowest BCUT2D eigenvalue weighted by Gasteiger charge is -2.48. The van der Waals surface area contributed by atoms with Gasteiger partial charge in [0.05, 0.1) is 0 Å². The molecule has 2 amide bonds. The van der Waals surface area contributed by atoms with E-state index in [1.165, 1.54) is 5.48 Å². The van der Waals surface area contributed by atoms with Crippen LogP contribution in [-0.2, 0) is 4.79 Å². The molecular formula is C13H16F5N3O4S. The van der Waals surface area contributed by atoms with Crippen molar-refractivity contribution < 1.29 is 39.3 Å². The average molecular weight is 405 g/mol. The van der Waals surface area contributed by atoms with E-state index in [9.17, 15) is 34.1 Å². The van der Waals surface area contributed by atoms with Crippen LogP contribution in [0.2, 0.25) is 0 Å². The van der Waals surface area contributed by atoms with Crippen molar-refractivity contribution in [3.05, 3.63) is 29.8 Å². The summed E-state index contributed by atoms with van der Waals surface area (Å²) in [5.41, 5.74) is -0.875. The van der Waals surface area contributed by atoms with Crippen LogP contribution in [0.1, 0.15) is 10.4 Å². The Morgan fingerprint density at radius 3 is 2.04 bits per heavy atom. The van der Waals surface area contributed by atoms with Crippen LogP contribution in [0, 0.1) is 0 Å². The van der Waals surface area contributed by atoms with Crippen LogP contribution in [0.15, 0.2) is 29.2 Å². The molecule has 0 spiro atoms. The number of β-amino-alcohol motifs (C(OH)–C–C–N with tert-alkyl or cyclic N) is 1. The van der Waals surface area contributed by atoms with Gasteiger partial charge in [-0.2, -0.15) is 0 Å². The number of halogens is 5. The maximum Gasteiger partial charge on any atom is 0.310 e. The molecule has 1 atom stereocenters. The SMILES string of the molecule is CN1CC(O)(C(NC(=O)c2ccc(S(F)(F)(F)(F)F)cc2)C(=O)NO)C1. The van der Waals surface area contributed by atoms with E-state index in [1.807, 2.05) is 0 Å². The number of hydroxylamine groups is 1. The molecular weight excluding hydrogens is 389 g/mol. The van der Waals surface area contributed by atoms with Gasteiger partial charge in [0.2, 0.25) is 0 Å². The number of carbonyl (C=O) groups is 2. The van der Waals surface area contributed by atoms with E-state index in [1.54, 1.807) is 11.9 Å². The maximum atomic E-state index is 12.7. The van der Waals surface area contributed by atoms with Gasteiger partial charge in [-0.05, 0) is 31.3 Å². The zero-order valence-electron chi connectivity index (χ0n) is 13.3. The second kappa shape index (κ2) is 5.52. The molecule has 0 bridgehead atoms. The predicted molar refractivity (Wildman–Crippen MR) is 81.5 cm³/mol. The molecule has 0 radical (unpaired) electrons. The van der Waals surface area contributed by atoms with Gasteiger partial charge in [-0.3, -0.25) is 14.8 Å². The van der Waals surface area contributed by atoms with E-state index in [0.29, 0.717) is 12.1 Å². The average Bonchev–Trinajstić information content (AvgIpc) is 2.48. The van der Waals surface area contributed by atoms with E-state index >= 15 is 0 Å². The molecule has 148 valence electrons. The molecule has 1 unspecified atom stereocenters. The number of aliphatic hydroxyl groups is 1. The van der Waals surface area contributed by atoms with E-state index in [4.69, 9.17) is 5.21 Å². The van der Waals surface area contributed by atoms with E-state index in [-0.39, 0.29) is 25.2 Å². The fourth-order valence-electron chi connectivity index (χ4n) is 2.66. The molecule has 4 N–H and O–H groups in total. The molecule has 1 fully saturated rings. The number of rotatable bonds is 5. The van der Waals surface area contributed by atoms with Gasteiger partial charge in [-0.15, -0.1) is 0 Å². The molecule has 1 aliphatic heterocycles. The lowest BCUT2D eigenvalue weighted by atomic mass is 9.85. The third-order valence-corrected chi connectivity index (χ3v) is 5.00. The minimum Gasteiger partial charge on any atom is -0.384 e. The van der Waals surface area contributed by atoms with Gasteiger partial charge >= 0.3 is 10.2 Å². The highest BCUT2D eigenvalue weighted by atomic mass is 32.5. The summed E-state index contributed by atoms with van der Waals surface area (Å²) in [4.78, 5) is 23.2. The number of likely N-dealkylation sites (tertiary alicyclic amines) is 1. The topological polar surface area (TPSA) is 102 Å². The summed E-state index contributed by atoms with van der Waals surface area (Å²) in [5, 5.41) is 21.1. The first-order valence-electron chi connectivity index (χ1n) is 7.06. The summed E-state index contributed by atoms with van der Waals surface area (Å²) >= 11 is 0. The van der Waals surface area contributed by atoms with Gasteiger partial charge in [0.25, 0.3) is 11.8 Å². The Morgan fingerprint density at radius 2 is 1.65 bits per heavy atom. The number of benzene rings is 1. The first-order chi connectivity index (χ1) is 11.6. The number of hydrogen-bond acceptors (Lipinski definition) is 5. The summed E-state index contributed by atoms with van der Waals surface area (Å²) in [5.74, 6) is -2.23. The van der Waals surface area contributed by atoms with Gasteiger partial charge < -0.3 is 15.3 Å². The van der Waals surface area contributed by atoms with Crippen LogP contribution in [0.5, 0.6) is 0 Å². The Labute approximate surface area is 144 Å². The van der Waals surface area contributed by atoms with Gasteiger partial charge in [-0.1, -0.05) is 19.4 Å². The molecule has 7 nitrogen and oxygen atoms in total. The minimum atomic E-state index is -9.86. The van der Waals surface area contributed by atoms with Crippen molar-refractivity contribution in [2.45, 2.75) is 16.5 Å². The highest BCUT2D eigenvalue weighted by molar-refractivity contribution is 8.45. The smallest absolute Gasteiger partial charge is 0.310 e. The number of nitrogens with one attached hydrogen (secondary N) is 2. The predicted octanol–water partition coefficient (Wildman–Crippen LogP) is 1.62. The van der Waals surface area contributed by atoms with Crippen molar-refractivity contribution >= 4 is 22.0 Å². The van der Waals surface area contributed by atoms with Crippen LogP contribution in [0.4, 0.5) is 19.4 Å². The zero-order chi connectivity index (χ0) is 20.0. The Hall–Kier alpha value is -1.96. The third-order valence-electron chi connectivity index (χ3n) is 3.83. The van der Waals surface area contributed by atoms with Crippen molar-refractivity contribution in [3.63, 3.8) is 0 Å². The Kier molecular flexibility index (Phi) is 4.32. The molecule has 0 saturated carbocycles. The summed E-state index contributed by atoms with van der Waals surface area (Å²) < 4.78 is 63.3. The van der Waals surface area contributed by atoms with Crippen molar-refractivity contribution in [2.75, 3.05) is 20.1 Å². The first kappa shape index (κ1) is 20.4. The van der Waals surface area contributed by atoms with E-state index in [2.05, 4.69) is 5.32 Å². The monoisotopic (exact) mass is 405 g/mol. The molecule has 1 aliphatic rings. The third kappa shape index (κ3) is 4.23. The number of likely N-dealkylation sites (N-methyl/N-ethyl adjacent to an activating group) is 1. The molecule has 26 heavy (non-hydrogen) atoms. The van der Waals surface area contributed by atoms with Crippen LogP contribution >= 0.6 is 10.2 Å². The van der Waals surface area contributed by atoms with Crippen molar-refractivity contribution in [3.8, 4) is 0 Å². The maximum absolute atomic E-state index is 12.7. The van der Waals surface area contributed by atoms with Gasteiger partial charge in [-0.25, -0.2) is 5.48 Å². The quantitative estimate of drug-likeness (QED) is 0.339. The highest BCUT2D eigenvalue weighted by Gasteiger charge is 2.65. The number of nitrogens with zero attached hydrogens (tertiary/aromatic N) is 1. The summed E-state index contributed by atoms with van der Waals surface area (Å²) in [6, 6.07) is -0.445. The summed E-state index contributed by atoms with van der Waals surface area (Å²) in [6.45, 7) is -0.0386. The first-order valence-corrected chi connectivity index (χ1v) is 9.01. The number of amides is 2. The fraction of sp³-hybridized carbons (Fsp3) is 0.385. The molecule has 13 heteroatoms. The molecule has 1 saturated heterocycles. The Balaban J connectivity index is 2.22. The molecule has 1 aromatic carbocycles. The number of hydrogen-bond donors (Lipinski definition) is 4. The second-order valence-electron chi connectivity index (χ2n) is 6.15. The molecule has 1 aromatic rings. The summed E-state index contributed by atoms with van der Waals surface area (Å²) in [6.07, 6.45) is 0. The molecule has 0 aromatic heterocycles. The van der Waals surface area contributed by atoms with Crippen LogP contribution in [0.25, 0.3) is 0 Å². The van der Waals surface area contributed by atoms with E-state index < -0.39 is 44.1 Å². The Bertz CT molecular complexity index is 735. The largest absolute Gasteiger partial charge is 0.384 e. The minimum absolute atomic E-state index is 0.0193. The van der Waals surface area contributed by atoms with Gasteiger partial charge in [0, 0.05) is 18.7 Å². The van der Waals surface area contributed by atoms with Crippen LogP contribution < -0.4 is 10.8 Å². The highest BCUT2D eigenvalue weighted by Crippen LogP contribution is 3.02. The van der Waals surface area contributed by atoms with Gasteiger partial charge in [0.1, 0.15) is 16.5 Å². The molecule has 1 heterocycles. The van der Waals surface area contributed by atoms with Gasteiger partial charge in [0.15, 0.2) is 0 Å². The number of carbonyl (C=O) groups excluding carboxylic acids is 2. The fourth-order valence-corrected chi connectivity index (χ4v) is 3.31. The summed E-state index contributed by atoms with van der Waals surface area (Å²) in [7, 11) is -8.25.